The number of aromatic nitrogens is 2. The van der Waals surface area contributed by atoms with E-state index in [9.17, 15) is 4.79 Å². The largest absolute Gasteiger partial charge is 0.493 e. The SMILES string of the molecule is O=C(OCc1nccs1)N1CCC(CCOc2ccc(Cl)cc2-c2ccno2)CC1. The van der Waals surface area contributed by atoms with Gasteiger partial charge in [0.1, 0.15) is 17.4 Å². The van der Waals surface area contributed by atoms with Gasteiger partial charge in [0, 0.05) is 35.8 Å². The van der Waals surface area contributed by atoms with Gasteiger partial charge in [0.05, 0.1) is 18.4 Å². The van der Waals surface area contributed by atoms with Crippen molar-refractivity contribution >= 4 is 29.0 Å². The summed E-state index contributed by atoms with van der Waals surface area (Å²) in [6.45, 7) is 2.22. The molecule has 30 heavy (non-hydrogen) atoms. The van der Waals surface area contributed by atoms with Crippen LogP contribution >= 0.6 is 22.9 Å². The predicted molar refractivity (Wildman–Crippen MR) is 114 cm³/mol. The molecule has 7 nitrogen and oxygen atoms in total. The van der Waals surface area contributed by atoms with Crippen LogP contribution in [0, 0.1) is 5.92 Å². The van der Waals surface area contributed by atoms with Gasteiger partial charge in [0.15, 0.2) is 5.76 Å². The Morgan fingerprint density at radius 3 is 2.87 bits per heavy atom. The summed E-state index contributed by atoms with van der Waals surface area (Å²) in [7, 11) is 0. The summed E-state index contributed by atoms with van der Waals surface area (Å²) in [6.07, 6.45) is 5.82. The number of hydrogen-bond donors (Lipinski definition) is 0. The summed E-state index contributed by atoms with van der Waals surface area (Å²) < 4.78 is 16.6. The Morgan fingerprint density at radius 2 is 2.13 bits per heavy atom. The molecule has 3 aromatic rings. The number of hydrogen-bond acceptors (Lipinski definition) is 7. The molecular weight excluding hydrogens is 426 g/mol. The number of ether oxygens (including phenoxy) is 2. The quantitative estimate of drug-likeness (QED) is 0.491. The summed E-state index contributed by atoms with van der Waals surface area (Å²) in [6, 6.07) is 7.24. The highest BCUT2D eigenvalue weighted by atomic mass is 35.5. The molecule has 1 aromatic carbocycles. The summed E-state index contributed by atoms with van der Waals surface area (Å²) in [4.78, 5) is 18.1. The highest BCUT2D eigenvalue weighted by Crippen LogP contribution is 2.33. The van der Waals surface area contributed by atoms with Crippen LogP contribution in [-0.2, 0) is 11.3 Å². The van der Waals surface area contributed by atoms with E-state index >= 15 is 0 Å². The lowest BCUT2D eigenvalue weighted by Gasteiger charge is -2.31. The molecule has 1 amide bonds. The number of carbonyl (C=O) groups is 1. The van der Waals surface area contributed by atoms with Gasteiger partial charge in [-0.05, 0) is 43.4 Å². The van der Waals surface area contributed by atoms with Crippen molar-refractivity contribution in [3.05, 3.63) is 52.1 Å². The van der Waals surface area contributed by atoms with Crippen LogP contribution < -0.4 is 4.74 Å². The zero-order valence-electron chi connectivity index (χ0n) is 16.3. The van der Waals surface area contributed by atoms with Crippen LogP contribution in [0.15, 0.2) is 46.6 Å². The van der Waals surface area contributed by atoms with Gasteiger partial charge < -0.3 is 18.9 Å². The molecule has 0 radical (unpaired) electrons. The van der Waals surface area contributed by atoms with Crippen molar-refractivity contribution in [3.63, 3.8) is 0 Å². The summed E-state index contributed by atoms with van der Waals surface area (Å²) in [5.74, 6) is 1.85. The normalized spacial score (nSPS) is 14.6. The monoisotopic (exact) mass is 447 g/mol. The topological polar surface area (TPSA) is 77.7 Å². The number of thiazole rings is 1. The zero-order valence-corrected chi connectivity index (χ0v) is 17.9. The molecule has 0 bridgehead atoms. The van der Waals surface area contributed by atoms with Crippen LogP contribution in [0.1, 0.15) is 24.3 Å². The lowest BCUT2D eigenvalue weighted by atomic mass is 9.94. The third-order valence-corrected chi connectivity index (χ3v) is 6.09. The molecule has 0 atom stereocenters. The first-order chi connectivity index (χ1) is 14.7. The van der Waals surface area contributed by atoms with Gasteiger partial charge in [-0.2, -0.15) is 0 Å². The van der Waals surface area contributed by atoms with E-state index in [0.29, 0.717) is 36.4 Å². The first kappa shape index (κ1) is 20.7. The number of nitrogens with zero attached hydrogens (tertiary/aromatic N) is 3. The fourth-order valence-electron chi connectivity index (χ4n) is 3.45. The average molecular weight is 448 g/mol. The van der Waals surface area contributed by atoms with E-state index in [1.807, 2.05) is 17.5 Å². The van der Waals surface area contributed by atoms with Gasteiger partial charge in [-0.3, -0.25) is 0 Å². The molecule has 0 spiro atoms. The summed E-state index contributed by atoms with van der Waals surface area (Å²) in [5.41, 5.74) is 0.790. The van der Waals surface area contributed by atoms with Crippen LogP contribution in [-0.4, -0.2) is 40.8 Å². The van der Waals surface area contributed by atoms with Gasteiger partial charge in [-0.1, -0.05) is 16.8 Å². The van der Waals surface area contributed by atoms with Crippen molar-refractivity contribution in [1.82, 2.24) is 15.0 Å². The number of rotatable bonds is 7. The molecule has 1 aliphatic heterocycles. The highest BCUT2D eigenvalue weighted by molar-refractivity contribution is 7.09. The molecule has 3 heterocycles. The van der Waals surface area contributed by atoms with Crippen LogP contribution in [0.3, 0.4) is 0 Å². The van der Waals surface area contributed by atoms with Gasteiger partial charge in [0.25, 0.3) is 0 Å². The van der Waals surface area contributed by atoms with E-state index in [4.69, 9.17) is 25.6 Å². The van der Waals surface area contributed by atoms with E-state index in [0.717, 1.165) is 35.6 Å². The molecule has 2 aromatic heterocycles. The lowest BCUT2D eigenvalue weighted by molar-refractivity contribution is 0.0799. The minimum Gasteiger partial charge on any atom is -0.493 e. The van der Waals surface area contributed by atoms with Crippen molar-refractivity contribution in [2.75, 3.05) is 19.7 Å². The number of piperidine rings is 1. The standard InChI is InChI=1S/C21H22ClN3O4S/c22-16-1-2-18(17(13-16)19-3-7-24-29-19)27-11-6-15-4-9-25(10-5-15)21(26)28-14-20-23-8-12-30-20/h1-3,7-8,12-13,15H,4-6,9-11,14H2. The van der Waals surface area contributed by atoms with Gasteiger partial charge >= 0.3 is 6.09 Å². The average Bonchev–Trinajstić information content (AvgIpc) is 3.48. The molecule has 0 unspecified atom stereocenters. The van der Waals surface area contributed by atoms with Crippen molar-refractivity contribution in [2.24, 2.45) is 5.92 Å². The summed E-state index contributed by atoms with van der Waals surface area (Å²) >= 11 is 7.60. The number of likely N-dealkylation sites (tertiary alicyclic amines) is 1. The van der Waals surface area contributed by atoms with Gasteiger partial charge in [-0.15, -0.1) is 11.3 Å². The first-order valence-corrected chi connectivity index (χ1v) is 11.1. The van der Waals surface area contributed by atoms with E-state index in [2.05, 4.69) is 10.1 Å². The molecule has 1 saturated heterocycles. The fraction of sp³-hybridized carbons (Fsp3) is 0.381. The Hall–Kier alpha value is -2.58. The summed E-state index contributed by atoms with van der Waals surface area (Å²) in [5, 5.41) is 7.04. The number of carbonyl (C=O) groups excluding carboxylic acids is 1. The zero-order chi connectivity index (χ0) is 20.8. The van der Waals surface area contributed by atoms with E-state index in [1.165, 1.54) is 11.3 Å². The second kappa shape index (κ2) is 9.95. The molecule has 1 fully saturated rings. The van der Waals surface area contributed by atoms with Crippen molar-refractivity contribution in [2.45, 2.75) is 25.9 Å². The van der Waals surface area contributed by atoms with E-state index in [1.54, 1.807) is 29.4 Å². The van der Waals surface area contributed by atoms with Crippen molar-refractivity contribution < 1.29 is 18.8 Å². The highest BCUT2D eigenvalue weighted by Gasteiger charge is 2.24. The number of amides is 1. The number of benzene rings is 1. The van der Waals surface area contributed by atoms with Gasteiger partial charge in [0.2, 0.25) is 0 Å². The fourth-order valence-corrected chi connectivity index (χ4v) is 4.15. The lowest BCUT2D eigenvalue weighted by Crippen LogP contribution is -2.39. The maximum Gasteiger partial charge on any atom is 0.410 e. The predicted octanol–water partition coefficient (Wildman–Crippen LogP) is 5.27. The first-order valence-electron chi connectivity index (χ1n) is 9.82. The molecule has 9 heteroatoms. The third kappa shape index (κ3) is 5.31. The molecule has 0 N–H and O–H groups in total. The molecule has 0 saturated carbocycles. The Balaban J connectivity index is 1.22. The Kier molecular flexibility index (Phi) is 6.86. The number of halogens is 1. The maximum atomic E-state index is 12.2. The Morgan fingerprint density at radius 1 is 1.27 bits per heavy atom. The molecule has 4 rings (SSSR count). The molecule has 0 aliphatic carbocycles. The van der Waals surface area contributed by atoms with Gasteiger partial charge in [-0.25, -0.2) is 9.78 Å². The third-order valence-electron chi connectivity index (χ3n) is 5.10. The van der Waals surface area contributed by atoms with Crippen LogP contribution in [0.25, 0.3) is 11.3 Å². The Labute approximate surface area is 183 Å². The van der Waals surface area contributed by atoms with Crippen molar-refractivity contribution in [3.8, 4) is 17.1 Å². The smallest absolute Gasteiger partial charge is 0.410 e. The molecule has 158 valence electrons. The molecular formula is C21H22ClN3O4S. The second-order valence-electron chi connectivity index (χ2n) is 7.07. The molecule has 1 aliphatic rings. The van der Waals surface area contributed by atoms with E-state index in [-0.39, 0.29) is 12.7 Å². The maximum absolute atomic E-state index is 12.2. The van der Waals surface area contributed by atoms with Crippen LogP contribution in [0.4, 0.5) is 4.79 Å². The Bertz CT molecular complexity index is 941. The minimum atomic E-state index is -0.266. The van der Waals surface area contributed by atoms with Crippen molar-refractivity contribution in [1.29, 1.82) is 0 Å². The van der Waals surface area contributed by atoms with Crippen LogP contribution in [0.2, 0.25) is 5.02 Å². The minimum absolute atomic E-state index is 0.235. The van der Waals surface area contributed by atoms with Crippen LogP contribution in [0.5, 0.6) is 5.75 Å². The second-order valence-corrected chi connectivity index (χ2v) is 8.48. The van der Waals surface area contributed by atoms with E-state index < -0.39 is 0 Å².